The fourth-order valence-electron chi connectivity index (χ4n) is 6.19. The summed E-state index contributed by atoms with van der Waals surface area (Å²) in [6.45, 7) is 8.88. The van der Waals surface area contributed by atoms with Crippen LogP contribution in [0.3, 0.4) is 0 Å². The number of aliphatic hydroxyl groups is 8. The molecule has 0 spiro atoms. The third-order valence-corrected chi connectivity index (χ3v) is 11.7. The lowest BCUT2D eigenvalue weighted by Crippen LogP contribution is -2.24. The van der Waals surface area contributed by atoms with Crippen molar-refractivity contribution in [3.05, 3.63) is 0 Å². The van der Waals surface area contributed by atoms with E-state index in [-0.39, 0.29) is 91.6 Å². The van der Waals surface area contributed by atoms with E-state index < -0.39 is 0 Å². The van der Waals surface area contributed by atoms with Crippen molar-refractivity contribution in [2.75, 3.05) is 26.4 Å². The first kappa shape index (κ1) is 39.6. The Morgan fingerprint density at radius 3 is 0.872 bits per heavy atom. The van der Waals surface area contributed by atoms with Crippen molar-refractivity contribution in [3.8, 4) is 0 Å². The Balaban J connectivity index is 0.000000490. The van der Waals surface area contributed by atoms with Gasteiger partial charge in [-0.3, -0.25) is 0 Å². The summed E-state index contributed by atoms with van der Waals surface area (Å²) < 4.78 is 0. The largest absolute Gasteiger partial charge is 0.396 e. The van der Waals surface area contributed by atoms with E-state index in [9.17, 15) is 20.4 Å². The molecule has 0 radical (unpaired) electrons. The van der Waals surface area contributed by atoms with Crippen LogP contribution in [0.25, 0.3) is 0 Å². The summed E-state index contributed by atoms with van der Waals surface area (Å²) in [5.41, 5.74) is 0. The Hall–Kier alpha value is 0.640. The van der Waals surface area contributed by atoms with Gasteiger partial charge in [-0.05, 0) is 62.2 Å². The number of hydrogen-bond donors (Lipinski definition) is 8. The minimum absolute atomic E-state index is 0. The molecule has 4 saturated carbocycles. The van der Waals surface area contributed by atoms with Crippen LogP contribution in [-0.2, 0) is 0 Å². The van der Waals surface area contributed by atoms with Crippen LogP contribution in [0.15, 0.2) is 0 Å². The fraction of sp³-hybridized carbons (Fsp3) is 1.00. The second-order valence-corrected chi connectivity index (χ2v) is 14.5. The van der Waals surface area contributed by atoms with Gasteiger partial charge in [0.15, 0.2) is 0 Å². The van der Waals surface area contributed by atoms with Gasteiger partial charge in [0.2, 0.25) is 0 Å². The fourth-order valence-corrected chi connectivity index (χ4v) is 7.49. The highest BCUT2D eigenvalue weighted by molar-refractivity contribution is 9.09. The molecule has 8 nitrogen and oxygen atoms in total. The molecule has 0 aliphatic heterocycles. The Morgan fingerprint density at radius 2 is 0.769 bits per heavy atom. The first-order valence-electron chi connectivity index (χ1n) is 14.2. The van der Waals surface area contributed by atoms with E-state index >= 15 is 0 Å². The van der Waals surface area contributed by atoms with Crippen molar-refractivity contribution < 1.29 is 40.9 Å². The van der Waals surface area contributed by atoms with E-state index in [0.29, 0.717) is 23.7 Å². The standard InChI is InChI=1S/2C7H13BrO2.2C7H14O2.CH4/c2*1-4-2-5(3-9)7(10)6(4)8;2*1-5-2-6(4-8)7(9)3-5;/h2*4-7,9-10H,2-3H2,1H3;2*5-9H,2-4H2,1H3;1H4/t2*4-,5+,6?,7-;2*5-,6+,7+;/m1111./s1. The second kappa shape index (κ2) is 19.8. The maximum Gasteiger partial charge on any atom is 0.0717 e. The molecule has 0 saturated heterocycles. The van der Waals surface area contributed by atoms with E-state index in [2.05, 4.69) is 59.6 Å². The normalized spacial score (nSPS) is 44.8. The van der Waals surface area contributed by atoms with E-state index in [1.807, 2.05) is 0 Å². The lowest BCUT2D eigenvalue weighted by Gasteiger charge is -2.12. The SMILES string of the molecule is C.C[C@@H]1C[C@@H](CO)[C@@H](O)C1.C[C@@H]1C[C@@H](CO)[C@@H](O)C1.C[C@@H]1C[C@@H](CO)[C@@H](O)C1Br.C[C@@H]1C[C@@H](CO)[C@@H](O)C1Br. The predicted octanol–water partition coefficient (Wildman–Crippen LogP) is 2.93. The van der Waals surface area contributed by atoms with Gasteiger partial charge in [-0.2, -0.15) is 0 Å². The molecule has 4 aliphatic carbocycles. The Labute approximate surface area is 253 Å². The minimum atomic E-state index is -0.361. The molecule has 0 heterocycles. The maximum absolute atomic E-state index is 9.42. The smallest absolute Gasteiger partial charge is 0.0717 e. The molecule has 4 fully saturated rings. The number of hydrogen-bond acceptors (Lipinski definition) is 8. The van der Waals surface area contributed by atoms with Crippen LogP contribution in [0, 0.1) is 47.3 Å². The summed E-state index contributed by atoms with van der Waals surface area (Å²) >= 11 is 6.78. The van der Waals surface area contributed by atoms with Gasteiger partial charge < -0.3 is 40.9 Å². The van der Waals surface area contributed by atoms with Crippen LogP contribution >= 0.6 is 31.9 Å². The zero-order valence-corrected chi connectivity index (χ0v) is 26.7. The van der Waals surface area contributed by atoms with Crippen molar-refractivity contribution in [3.63, 3.8) is 0 Å². The monoisotopic (exact) mass is 692 g/mol. The molecular weight excluding hydrogens is 636 g/mol. The van der Waals surface area contributed by atoms with Gasteiger partial charge in [0, 0.05) is 59.8 Å². The van der Waals surface area contributed by atoms with Crippen LogP contribution in [0.2, 0.25) is 0 Å². The average molecular weight is 695 g/mol. The molecule has 236 valence electrons. The lowest BCUT2D eigenvalue weighted by atomic mass is 10.1. The minimum Gasteiger partial charge on any atom is -0.396 e. The molecule has 0 bridgehead atoms. The van der Waals surface area contributed by atoms with Gasteiger partial charge in [-0.25, -0.2) is 0 Å². The van der Waals surface area contributed by atoms with Gasteiger partial charge in [0.25, 0.3) is 0 Å². The molecule has 0 aromatic rings. The van der Waals surface area contributed by atoms with Crippen LogP contribution in [-0.4, -0.2) is 101 Å². The molecule has 4 aliphatic rings. The maximum atomic E-state index is 9.42. The number of alkyl halides is 2. The quantitative estimate of drug-likeness (QED) is 0.209. The summed E-state index contributed by atoms with van der Waals surface area (Å²) in [5, 5.41) is 72.2. The number of halogens is 2. The summed E-state index contributed by atoms with van der Waals surface area (Å²) in [6.07, 6.45) is 4.34. The highest BCUT2D eigenvalue weighted by atomic mass is 79.9. The average Bonchev–Trinajstić information content (AvgIpc) is 3.56. The van der Waals surface area contributed by atoms with Crippen LogP contribution in [0.4, 0.5) is 0 Å². The van der Waals surface area contributed by atoms with Gasteiger partial charge in [-0.1, -0.05) is 67.0 Å². The van der Waals surface area contributed by atoms with Gasteiger partial charge in [0.05, 0.1) is 24.4 Å². The first-order chi connectivity index (χ1) is 17.8. The summed E-state index contributed by atoms with van der Waals surface area (Å²) in [6, 6.07) is 0. The predicted molar refractivity (Wildman–Crippen MR) is 163 cm³/mol. The number of aliphatic hydroxyl groups excluding tert-OH is 8. The van der Waals surface area contributed by atoms with Crippen LogP contribution < -0.4 is 0 Å². The molecule has 8 N–H and O–H groups in total. The highest BCUT2D eigenvalue weighted by Crippen LogP contribution is 2.36. The molecule has 39 heavy (non-hydrogen) atoms. The van der Waals surface area contributed by atoms with Crippen LogP contribution in [0.1, 0.15) is 73.6 Å². The third-order valence-electron chi connectivity index (χ3n) is 8.78. The Kier molecular flexibility index (Phi) is 20.1. The zero-order valence-electron chi connectivity index (χ0n) is 23.5. The van der Waals surface area contributed by atoms with E-state index in [4.69, 9.17) is 20.4 Å². The molecule has 2 unspecified atom stereocenters. The van der Waals surface area contributed by atoms with Gasteiger partial charge in [-0.15, -0.1) is 0 Å². The van der Waals surface area contributed by atoms with Crippen molar-refractivity contribution in [1.82, 2.24) is 0 Å². The Bertz CT molecular complexity index is 580. The topological polar surface area (TPSA) is 162 Å². The van der Waals surface area contributed by atoms with Gasteiger partial charge in [0.1, 0.15) is 0 Å². The Morgan fingerprint density at radius 1 is 0.487 bits per heavy atom. The third kappa shape index (κ3) is 12.4. The molecule has 0 amide bonds. The van der Waals surface area contributed by atoms with E-state index in [0.717, 1.165) is 38.5 Å². The van der Waals surface area contributed by atoms with Crippen molar-refractivity contribution in [1.29, 1.82) is 0 Å². The van der Waals surface area contributed by atoms with Gasteiger partial charge >= 0.3 is 0 Å². The van der Waals surface area contributed by atoms with Crippen molar-refractivity contribution >= 4 is 31.9 Å². The molecule has 14 atom stereocenters. The zero-order chi connectivity index (χ0) is 29.2. The molecule has 0 aromatic carbocycles. The van der Waals surface area contributed by atoms with Crippen LogP contribution in [0.5, 0.6) is 0 Å². The highest BCUT2D eigenvalue weighted by Gasteiger charge is 2.38. The summed E-state index contributed by atoms with van der Waals surface area (Å²) in [4.78, 5) is 0.342. The molecule has 10 heteroatoms. The summed E-state index contributed by atoms with van der Waals surface area (Å²) in [7, 11) is 0. The molecular formula is C29H58Br2O8. The van der Waals surface area contributed by atoms with E-state index in [1.165, 1.54) is 0 Å². The number of rotatable bonds is 4. The van der Waals surface area contributed by atoms with Crippen molar-refractivity contribution in [2.24, 2.45) is 47.3 Å². The first-order valence-corrected chi connectivity index (χ1v) is 16.1. The lowest BCUT2D eigenvalue weighted by molar-refractivity contribution is 0.0902. The van der Waals surface area contributed by atoms with E-state index in [1.54, 1.807) is 0 Å². The second-order valence-electron chi connectivity index (χ2n) is 12.4. The molecule has 0 aromatic heterocycles. The summed E-state index contributed by atoms with van der Waals surface area (Å²) in [5.74, 6) is 2.62. The van der Waals surface area contributed by atoms with Crippen molar-refractivity contribution in [2.45, 2.75) is 108 Å². The molecule has 4 rings (SSSR count).